The van der Waals surface area contributed by atoms with Gasteiger partial charge in [0.1, 0.15) is 12.4 Å². The third kappa shape index (κ3) is 6.96. The number of rotatable bonds is 11. The Morgan fingerprint density at radius 2 is 1.74 bits per heavy atom. The van der Waals surface area contributed by atoms with Crippen molar-refractivity contribution in [2.75, 3.05) is 20.8 Å². The number of fused-ring (bicyclic) bond motifs is 1. The molecule has 0 spiro atoms. The van der Waals surface area contributed by atoms with Crippen LogP contribution in [0.15, 0.2) is 111 Å². The quantitative estimate of drug-likeness (QED) is 0.0885. The molecule has 1 aliphatic heterocycles. The predicted molar refractivity (Wildman–Crippen MR) is 192 cm³/mol. The number of hydrogen-bond donors (Lipinski definition) is 0. The Bertz CT molecular complexity index is 2280. The van der Waals surface area contributed by atoms with Gasteiger partial charge in [-0.1, -0.05) is 53.8 Å². The maximum absolute atomic E-state index is 14.3. The molecule has 4 aromatic carbocycles. The van der Waals surface area contributed by atoms with Crippen LogP contribution in [0.2, 0.25) is 0 Å². The van der Waals surface area contributed by atoms with Gasteiger partial charge in [-0.05, 0) is 82.0 Å². The van der Waals surface area contributed by atoms with E-state index in [-0.39, 0.29) is 30.0 Å². The molecule has 0 unspecified atom stereocenters. The fourth-order valence-electron chi connectivity index (χ4n) is 5.53. The summed E-state index contributed by atoms with van der Waals surface area (Å²) in [6.45, 7) is 2.02. The standard InChI is InChI=1S/C37H30BrN3O8S/c1-4-48-36(43)31-32(24-8-6-5-7-9-24)39-37-40(33(31)25-12-16-27(46-2)17-13-25)35(42)30(50-37)20-23-18-28(38)34(29(19-23)47-3)49-21-22-10-14-26(15-11-22)41(44)45/h5-20,33H,4,21H2,1-3H3/b30-20-/t33-/m0/s1. The molecule has 1 aromatic heterocycles. The molecule has 0 radical (unpaired) electrons. The number of non-ortho nitro benzene ring substituents is 1. The van der Waals surface area contributed by atoms with Crippen molar-refractivity contribution in [2.24, 2.45) is 4.99 Å². The van der Waals surface area contributed by atoms with E-state index in [4.69, 9.17) is 23.9 Å². The van der Waals surface area contributed by atoms with Crippen LogP contribution in [0, 0.1) is 10.1 Å². The van der Waals surface area contributed by atoms with Crippen LogP contribution < -0.4 is 29.1 Å². The summed E-state index contributed by atoms with van der Waals surface area (Å²) >= 11 is 4.78. The molecule has 1 aliphatic rings. The first-order valence-electron chi connectivity index (χ1n) is 15.4. The number of nitro groups is 1. The number of carbonyl (C=O) groups excluding carboxylic acids is 1. The molecule has 0 saturated heterocycles. The zero-order valence-electron chi connectivity index (χ0n) is 27.1. The van der Waals surface area contributed by atoms with E-state index < -0.39 is 16.9 Å². The molecule has 0 bridgehead atoms. The number of benzene rings is 4. The number of ether oxygens (including phenoxy) is 4. The molecule has 2 heterocycles. The zero-order chi connectivity index (χ0) is 35.4. The minimum atomic E-state index is -0.829. The van der Waals surface area contributed by atoms with Crippen molar-refractivity contribution in [3.63, 3.8) is 0 Å². The molecular formula is C37H30BrN3O8S. The minimum absolute atomic E-state index is 0.00845. The highest BCUT2D eigenvalue weighted by Crippen LogP contribution is 2.38. The fraction of sp³-hybridized carbons (Fsp3) is 0.162. The number of thiazole rings is 1. The first-order chi connectivity index (χ1) is 24.2. The van der Waals surface area contributed by atoms with Gasteiger partial charge < -0.3 is 18.9 Å². The van der Waals surface area contributed by atoms with E-state index in [9.17, 15) is 19.7 Å². The number of aromatic nitrogens is 1. The molecule has 5 aromatic rings. The maximum atomic E-state index is 14.3. The van der Waals surface area contributed by atoms with Gasteiger partial charge in [-0.3, -0.25) is 19.5 Å². The molecule has 0 aliphatic carbocycles. The Morgan fingerprint density at radius 3 is 2.38 bits per heavy atom. The third-order valence-corrected chi connectivity index (χ3v) is 9.46. The fourth-order valence-corrected chi connectivity index (χ4v) is 7.10. The number of nitro benzene ring substituents is 1. The lowest BCUT2D eigenvalue weighted by atomic mass is 9.93. The minimum Gasteiger partial charge on any atom is -0.497 e. The smallest absolute Gasteiger partial charge is 0.338 e. The Morgan fingerprint density at radius 1 is 1.02 bits per heavy atom. The molecule has 11 nitrogen and oxygen atoms in total. The monoisotopic (exact) mass is 755 g/mol. The first kappa shape index (κ1) is 34.3. The zero-order valence-corrected chi connectivity index (χ0v) is 29.5. The van der Waals surface area contributed by atoms with Crippen LogP contribution >= 0.6 is 27.3 Å². The summed E-state index contributed by atoms with van der Waals surface area (Å²) in [5.74, 6) is 0.900. The normalized spacial score (nSPS) is 14.1. The van der Waals surface area contributed by atoms with Crippen molar-refractivity contribution in [1.29, 1.82) is 0 Å². The predicted octanol–water partition coefficient (Wildman–Crippen LogP) is 6.20. The van der Waals surface area contributed by atoms with Crippen molar-refractivity contribution in [3.05, 3.63) is 153 Å². The number of nitrogens with zero attached hydrogens (tertiary/aromatic N) is 3. The van der Waals surface area contributed by atoms with Crippen molar-refractivity contribution in [3.8, 4) is 17.2 Å². The number of carbonyl (C=O) groups is 1. The number of methoxy groups -OCH3 is 2. The summed E-state index contributed by atoms with van der Waals surface area (Å²) in [6, 6.07) is 25.4. The van der Waals surface area contributed by atoms with Gasteiger partial charge in [0.25, 0.3) is 11.2 Å². The van der Waals surface area contributed by atoms with Crippen molar-refractivity contribution in [2.45, 2.75) is 19.6 Å². The van der Waals surface area contributed by atoms with E-state index in [1.807, 2.05) is 42.5 Å². The molecule has 0 amide bonds. The van der Waals surface area contributed by atoms with Gasteiger partial charge >= 0.3 is 5.97 Å². The summed E-state index contributed by atoms with van der Waals surface area (Å²) in [7, 11) is 3.08. The van der Waals surface area contributed by atoms with Crippen LogP contribution in [0.3, 0.4) is 0 Å². The van der Waals surface area contributed by atoms with Gasteiger partial charge in [0, 0.05) is 17.7 Å². The lowest BCUT2D eigenvalue weighted by Crippen LogP contribution is -2.40. The van der Waals surface area contributed by atoms with E-state index in [0.717, 1.165) is 5.56 Å². The Hall–Kier alpha value is -5.53. The van der Waals surface area contributed by atoms with Crippen LogP contribution in [-0.2, 0) is 16.1 Å². The molecular weight excluding hydrogens is 726 g/mol. The summed E-state index contributed by atoms with van der Waals surface area (Å²) in [5.41, 5.74) is 3.11. The van der Waals surface area contributed by atoms with E-state index in [1.54, 1.807) is 56.5 Å². The van der Waals surface area contributed by atoms with Gasteiger partial charge in [0.05, 0.1) is 52.1 Å². The molecule has 0 saturated carbocycles. The van der Waals surface area contributed by atoms with Crippen LogP contribution in [0.5, 0.6) is 17.2 Å². The van der Waals surface area contributed by atoms with E-state index in [2.05, 4.69) is 15.9 Å². The summed E-state index contributed by atoms with van der Waals surface area (Å²) < 4.78 is 25.1. The maximum Gasteiger partial charge on any atom is 0.338 e. The van der Waals surface area contributed by atoms with E-state index in [0.29, 0.717) is 53.4 Å². The van der Waals surface area contributed by atoms with E-state index in [1.165, 1.54) is 35.1 Å². The van der Waals surface area contributed by atoms with Gasteiger partial charge in [0.2, 0.25) is 0 Å². The number of halogens is 1. The molecule has 6 rings (SSSR count). The van der Waals surface area contributed by atoms with Gasteiger partial charge in [-0.25, -0.2) is 9.79 Å². The molecule has 0 N–H and O–H groups in total. The topological polar surface area (TPSA) is 131 Å². The second kappa shape index (κ2) is 14.9. The molecule has 0 fully saturated rings. The highest BCUT2D eigenvalue weighted by atomic mass is 79.9. The summed E-state index contributed by atoms with van der Waals surface area (Å²) in [6.07, 6.45) is 1.73. The van der Waals surface area contributed by atoms with Gasteiger partial charge in [0.15, 0.2) is 16.3 Å². The molecule has 13 heteroatoms. The van der Waals surface area contributed by atoms with Crippen LogP contribution in [-0.4, -0.2) is 36.3 Å². The first-order valence-corrected chi connectivity index (χ1v) is 17.0. The molecule has 254 valence electrons. The SMILES string of the molecule is CCOC(=O)C1=C(c2ccccc2)N=c2s/c(=C\c3cc(Br)c(OCc4ccc([N+](=O)[O-])cc4)c(OC)c3)c(=O)n2[C@H]1c1ccc(OC)cc1. The van der Waals surface area contributed by atoms with Gasteiger partial charge in [-0.15, -0.1) is 0 Å². The molecule has 1 atom stereocenters. The number of esters is 1. The Balaban J connectivity index is 1.45. The second-order valence-electron chi connectivity index (χ2n) is 11.0. The number of hydrogen-bond acceptors (Lipinski definition) is 10. The molecule has 50 heavy (non-hydrogen) atoms. The Kier molecular flexibility index (Phi) is 10.3. The summed E-state index contributed by atoms with van der Waals surface area (Å²) in [4.78, 5) is 43.8. The third-order valence-electron chi connectivity index (χ3n) is 7.89. The van der Waals surface area contributed by atoms with Crippen molar-refractivity contribution < 1.29 is 28.7 Å². The highest BCUT2D eigenvalue weighted by molar-refractivity contribution is 9.10. The lowest BCUT2D eigenvalue weighted by Gasteiger charge is -2.26. The largest absolute Gasteiger partial charge is 0.497 e. The average molecular weight is 757 g/mol. The average Bonchev–Trinajstić information content (AvgIpc) is 3.44. The Labute approximate surface area is 298 Å². The second-order valence-corrected chi connectivity index (χ2v) is 12.8. The van der Waals surface area contributed by atoms with Crippen molar-refractivity contribution >= 4 is 50.7 Å². The lowest BCUT2D eigenvalue weighted by molar-refractivity contribution is -0.384. The summed E-state index contributed by atoms with van der Waals surface area (Å²) in [5, 5.41) is 11.0. The van der Waals surface area contributed by atoms with E-state index >= 15 is 0 Å². The van der Waals surface area contributed by atoms with Crippen LogP contribution in [0.4, 0.5) is 5.69 Å². The van der Waals surface area contributed by atoms with Crippen LogP contribution in [0.1, 0.15) is 35.2 Å². The van der Waals surface area contributed by atoms with Gasteiger partial charge in [-0.2, -0.15) is 0 Å². The van der Waals surface area contributed by atoms with Crippen LogP contribution in [0.25, 0.3) is 11.8 Å². The van der Waals surface area contributed by atoms with Crippen molar-refractivity contribution in [1.82, 2.24) is 4.57 Å². The highest BCUT2D eigenvalue weighted by Gasteiger charge is 2.35.